The fraction of sp³-hybridized carbons (Fsp3) is 0.625. The van der Waals surface area contributed by atoms with Crippen molar-refractivity contribution in [1.82, 2.24) is 4.98 Å². The third kappa shape index (κ3) is 4.78. The highest BCUT2D eigenvalue weighted by Crippen LogP contribution is 2.32. The second-order valence-corrected chi connectivity index (χ2v) is 6.21. The van der Waals surface area contributed by atoms with Crippen LogP contribution in [0.3, 0.4) is 0 Å². The van der Waals surface area contributed by atoms with Gasteiger partial charge in [-0.3, -0.25) is 9.78 Å². The summed E-state index contributed by atoms with van der Waals surface area (Å²) in [6, 6.07) is 3.29. The maximum Gasteiger partial charge on any atom is 0.250 e. The quantitative estimate of drug-likeness (QED) is 0.268. The van der Waals surface area contributed by atoms with Gasteiger partial charge in [0.1, 0.15) is 48.8 Å². The lowest BCUT2D eigenvalue weighted by atomic mass is 9.99. The molecule has 8 N–H and O–H groups in total. The Hall–Kier alpha value is -1.70. The van der Waals surface area contributed by atoms with E-state index in [0.717, 1.165) is 0 Å². The zero-order chi connectivity index (χ0) is 20.1. The number of aliphatic hydroxyl groups excluding tert-OH is 6. The average Bonchev–Trinajstić information content (AvgIpc) is 3.13. The van der Waals surface area contributed by atoms with E-state index in [-0.39, 0.29) is 0 Å². The van der Waals surface area contributed by atoms with Crippen LogP contribution in [0.15, 0.2) is 24.5 Å². The monoisotopic (exact) mass is 388 g/mol. The molecule has 3 heterocycles. The summed E-state index contributed by atoms with van der Waals surface area (Å²) in [6.07, 6.45) is -6.32. The van der Waals surface area contributed by atoms with Gasteiger partial charge in [-0.15, -0.1) is 0 Å². The number of carbonyl (C=O) groups excluding carboxylic acids is 1. The molecule has 2 saturated heterocycles. The van der Waals surface area contributed by atoms with E-state index in [0.29, 0.717) is 5.56 Å². The summed E-state index contributed by atoms with van der Waals surface area (Å²) in [5.74, 6) is -0.442. The van der Waals surface area contributed by atoms with Crippen molar-refractivity contribution in [3.63, 3.8) is 0 Å². The number of aromatic nitrogens is 1. The lowest BCUT2D eigenvalue weighted by Crippen LogP contribution is -2.45. The third-order valence-electron chi connectivity index (χ3n) is 4.43. The van der Waals surface area contributed by atoms with E-state index in [9.17, 15) is 25.2 Å². The van der Waals surface area contributed by atoms with Crippen molar-refractivity contribution < 1.29 is 44.9 Å². The number of primary amides is 1. The third-order valence-corrected chi connectivity index (χ3v) is 4.43. The van der Waals surface area contributed by atoms with Crippen LogP contribution in [-0.2, 0) is 9.47 Å². The Bertz CT molecular complexity index is 577. The number of carbonyl (C=O) groups is 1. The van der Waals surface area contributed by atoms with Crippen LogP contribution >= 0.6 is 0 Å². The molecule has 1 aromatic heterocycles. The predicted molar refractivity (Wildman–Crippen MR) is 88.3 cm³/mol. The number of hydrogen-bond donors (Lipinski definition) is 7. The molecule has 0 radical (unpaired) electrons. The minimum absolute atomic E-state index is 0.442. The van der Waals surface area contributed by atoms with Gasteiger partial charge >= 0.3 is 0 Å². The summed E-state index contributed by atoms with van der Waals surface area (Å²) in [7, 11) is 0. The molecule has 2 aliphatic heterocycles. The zero-order valence-corrected chi connectivity index (χ0v) is 14.3. The van der Waals surface area contributed by atoms with Crippen LogP contribution in [0.25, 0.3) is 0 Å². The van der Waals surface area contributed by atoms with Crippen molar-refractivity contribution in [2.24, 2.45) is 5.73 Å². The Morgan fingerprint density at radius 3 is 1.70 bits per heavy atom. The fourth-order valence-electron chi connectivity index (χ4n) is 2.91. The van der Waals surface area contributed by atoms with Crippen molar-refractivity contribution in [2.45, 2.75) is 48.8 Å². The molecule has 2 unspecified atom stereocenters. The molecule has 0 bridgehead atoms. The average molecular weight is 388 g/mol. The number of ether oxygens (including phenoxy) is 2. The van der Waals surface area contributed by atoms with E-state index in [4.69, 9.17) is 25.4 Å². The summed E-state index contributed by atoms with van der Waals surface area (Å²) in [5.41, 5.74) is 5.38. The minimum atomic E-state index is -1.34. The van der Waals surface area contributed by atoms with Crippen LogP contribution in [0.1, 0.15) is 10.4 Å². The van der Waals surface area contributed by atoms with E-state index < -0.39 is 68.0 Å². The molecule has 1 aromatic rings. The Balaban J connectivity index is 0.000000244. The van der Waals surface area contributed by atoms with E-state index in [1.807, 2.05) is 0 Å². The van der Waals surface area contributed by atoms with E-state index in [1.54, 1.807) is 18.3 Å². The summed E-state index contributed by atoms with van der Waals surface area (Å²) >= 11 is 0. The van der Waals surface area contributed by atoms with Crippen molar-refractivity contribution >= 4 is 5.91 Å². The Labute approximate surface area is 154 Å². The van der Waals surface area contributed by atoms with Gasteiger partial charge in [-0.25, -0.2) is 0 Å². The molecule has 0 spiro atoms. The predicted octanol–water partition coefficient (Wildman–Crippen LogP) is -3.87. The highest BCUT2D eigenvalue weighted by atomic mass is 16.6. The molecule has 8 atom stereocenters. The van der Waals surface area contributed by atoms with Gasteiger partial charge in [0, 0.05) is 12.4 Å². The number of nitrogens with two attached hydrogens (primary N) is 1. The van der Waals surface area contributed by atoms with Crippen molar-refractivity contribution in [1.29, 1.82) is 0 Å². The fourth-order valence-corrected chi connectivity index (χ4v) is 2.91. The van der Waals surface area contributed by atoms with Crippen LogP contribution in [0.4, 0.5) is 0 Å². The second-order valence-electron chi connectivity index (χ2n) is 6.21. The van der Waals surface area contributed by atoms with Gasteiger partial charge in [-0.2, -0.15) is 0 Å². The zero-order valence-electron chi connectivity index (χ0n) is 14.3. The van der Waals surface area contributed by atoms with Crippen LogP contribution < -0.4 is 5.73 Å². The number of aliphatic hydroxyl groups is 6. The molecular formula is C16H24N2O9. The maximum absolute atomic E-state index is 10.4. The SMILES string of the molecule is NC(=O)c1cccnc1.OC[C@H]1OC(C2O[C@H](CO)[C@@H](O)[C@H]2O)[C@H](O)[C@@H]1O. The molecule has 11 heteroatoms. The highest BCUT2D eigenvalue weighted by Gasteiger charge is 2.54. The smallest absolute Gasteiger partial charge is 0.250 e. The van der Waals surface area contributed by atoms with Gasteiger partial charge in [0.2, 0.25) is 5.91 Å². The van der Waals surface area contributed by atoms with Crippen LogP contribution in [0.2, 0.25) is 0 Å². The normalized spacial score (nSPS) is 38.3. The molecule has 2 fully saturated rings. The van der Waals surface area contributed by atoms with Crippen molar-refractivity contribution in [3.8, 4) is 0 Å². The van der Waals surface area contributed by atoms with Gasteiger partial charge in [0.05, 0.1) is 18.8 Å². The Kier molecular flexibility index (Phi) is 7.59. The van der Waals surface area contributed by atoms with Gasteiger partial charge in [0.15, 0.2) is 0 Å². The molecule has 0 saturated carbocycles. The molecule has 3 rings (SSSR count). The van der Waals surface area contributed by atoms with Crippen LogP contribution in [-0.4, -0.2) is 104 Å². The van der Waals surface area contributed by atoms with Gasteiger partial charge in [0.25, 0.3) is 0 Å². The number of rotatable bonds is 4. The molecule has 1 amide bonds. The number of amides is 1. The highest BCUT2D eigenvalue weighted by molar-refractivity contribution is 5.92. The van der Waals surface area contributed by atoms with Crippen molar-refractivity contribution in [2.75, 3.05) is 13.2 Å². The molecule has 27 heavy (non-hydrogen) atoms. The summed E-state index contributed by atoms with van der Waals surface area (Å²) in [6.45, 7) is -0.965. The first kappa shape index (κ1) is 21.6. The van der Waals surface area contributed by atoms with Crippen LogP contribution in [0, 0.1) is 0 Å². The Morgan fingerprint density at radius 1 is 0.963 bits per heavy atom. The van der Waals surface area contributed by atoms with E-state index >= 15 is 0 Å². The number of hydrogen-bond acceptors (Lipinski definition) is 10. The Morgan fingerprint density at radius 2 is 1.44 bits per heavy atom. The largest absolute Gasteiger partial charge is 0.394 e. The molecule has 2 aliphatic rings. The maximum atomic E-state index is 10.4. The first-order chi connectivity index (χ1) is 12.8. The molecular weight excluding hydrogens is 364 g/mol. The molecule has 152 valence electrons. The lowest BCUT2D eigenvalue weighted by Gasteiger charge is -2.23. The molecule has 0 aliphatic carbocycles. The standard InChI is InChI=1S/C10H18O8.C6H6N2O/c11-1-3-5(13)7(15)9(17-3)10-8(16)6(14)4(2-12)18-10;7-6(9)5-2-1-3-8-4-5/h3-16H,1-2H2;1-4H,(H2,7,9)/t3-,4-,5-,6-,7-,8-,9?,10?;/m1./s1. The number of pyridine rings is 1. The molecule has 0 aromatic carbocycles. The minimum Gasteiger partial charge on any atom is -0.394 e. The topological polar surface area (TPSA) is 196 Å². The van der Waals surface area contributed by atoms with E-state index in [1.165, 1.54) is 6.20 Å². The summed E-state index contributed by atoms with van der Waals surface area (Å²) < 4.78 is 10.4. The summed E-state index contributed by atoms with van der Waals surface area (Å²) in [4.78, 5) is 14.1. The lowest BCUT2D eigenvalue weighted by molar-refractivity contribution is -0.121. The van der Waals surface area contributed by atoms with Gasteiger partial charge in [-0.1, -0.05) is 0 Å². The van der Waals surface area contributed by atoms with Crippen LogP contribution in [0.5, 0.6) is 0 Å². The number of nitrogens with zero attached hydrogens (tertiary/aromatic N) is 1. The second kappa shape index (κ2) is 9.48. The van der Waals surface area contributed by atoms with Crippen molar-refractivity contribution in [3.05, 3.63) is 30.1 Å². The first-order valence-electron chi connectivity index (χ1n) is 8.26. The molecule has 11 nitrogen and oxygen atoms in total. The van der Waals surface area contributed by atoms with Gasteiger partial charge < -0.3 is 45.8 Å². The van der Waals surface area contributed by atoms with Gasteiger partial charge in [-0.05, 0) is 12.1 Å². The first-order valence-corrected chi connectivity index (χ1v) is 8.26. The van der Waals surface area contributed by atoms with E-state index in [2.05, 4.69) is 4.98 Å². The summed E-state index contributed by atoms with van der Waals surface area (Å²) in [5, 5.41) is 56.6.